The first-order valence-corrected chi connectivity index (χ1v) is 12.2. The SMILES string of the molecule is Cc1cc(C)cc(-c2nccc3c(C)c(-c4sc(-c5ccccc5)c(C)c4C)sc23)c1. The number of hydrogen-bond acceptors (Lipinski definition) is 3. The first-order chi connectivity index (χ1) is 14.9. The highest BCUT2D eigenvalue weighted by Gasteiger charge is 2.20. The average Bonchev–Trinajstić information content (AvgIpc) is 3.24. The van der Waals surface area contributed by atoms with Gasteiger partial charge in [0.15, 0.2) is 0 Å². The average molecular weight is 440 g/mol. The molecule has 31 heavy (non-hydrogen) atoms. The minimum absolute atomic E-state index is 1.10. The van der Waals surface area contributed by atoms with Crippen molar-refractivity contribution in [3.8, 4) is 31.5 Å². The number of thiophene rings is 2. The van der Waals surface area contributed by atoms with Gasteiger partial charge in [-0.1, -0.05) is 47.5 Å². The first-order valence-electron chi connectivity index (χ1n) is 10.6. The lowest BCUT2D eigenvalue weighted by molar-refractivity contribution is 1.33. The van der Waals surface area contributed by atoms with Gasteiger partial charge in [-0.15, -0.1) is 22.7 Å². The largest absolute Gasteiger partial charge is 0.255 e. The van der Waals surface area contributed by atoms with Crippen molar-refractivity contribution in [3.63, 3.8) is 0 Å². The third-order valence-corrected chi connectivity index (χ3v) is 8.96. The number of aromatic nitrogens is 1. The molecule has 0 unspecified atom stereocenters. The van der Waals surface area contributed by atoms with Crippen molar-refractivity contribution >= 4 is 32.8 Å². The van der Waals surface area contributed by atoms with Gasteiger partial charge >= 0.3 is 0 Å². The van der Waals surface area contributed by atoms with Crippen LogP contribution in [-0.2, 0) is 0 Å². The van der Waals surface area contributed by atoms with Crippen LogP contribution >= 0.6 is 22.7 Å². The van der Waals surface area contributed by atoms with Crippen molar-refractivity contribution < 1.29 is 0 Å². The van der Waals surface area contributed by atoms with Gasteiger partial charge in [0, 0.05) is 26.4 Å². The van der Waals surface area contributed by atoms with Crippen molar-refractivity contribution in [2.24, 2.45) is 0 Å². The predicted molar refractivity (Wildman–Crippen MR) is 137 cm³/mol. The summed E-state index contributed by atoms with van der Waals surface area (Å²) < 4.78 is 1.28. The molecule has 0 saturated carbocycles. The van der Waals surface area contributed by atoms with Gasteiger partial charge in [-0.3, -0.25) is 4.98 Å². The smallest absolute Gasteiger partial charge is 0.0880 e. The molecule has 0 aliphatic rings. The minimum atomic E-state index is 1.10. The summed E-state index contributed by atoms with van der Waals surface area (Å²) in [6, 6.07) is 19.6. The van der Waals surface area contributed by atoms with E-state index in [1.54, 1.807) is 0 Å². The molecule has 0 fully saturated rings. The van der Waals surface area contributed by atoms with Crippen LogP contribution in [0.25, 0.3) is 41.5 Å². The van der Waals surface area contributed by atoms with Crippen molar-refractivity contribution in [2.45, 2.75) is 34.6 Å². The quantitative estimate of drug-likeness (QED) is 0.273. The second-order valence-electron chi connectivity index (χ2n) is 8.35. The van der Waals surface area contributed by atoms with E-state index in [-0.39, 0.29) is 0 Å². The molecule has 1 nitrogen and oxygen atoms in total. The molecule has 0 N–H and O–H groups in total. The lowest BCUT2D eigenvalue weighted by Crippen LogP contribution is -1.86. The Bertz CT molecular complexity index is 1400. The molecule has 5 aromatic rings. The number of aryl methyl sites for hydroxylation is 3. The van der Waals surface area contributed by atoms with Crippen LogP contribution in [0.4, 0.5) is 0 Å². The maximum absolute atomic E-state index is 4.81. The zero-order valence-electron chi connectivity index (χ0n) is 18.5. The van der Waals surface area contributed by atoms with Gasteiger partial charge < -0.3 is 0 Å². The van der Waals surface area contributed by atoms with Gasteiger partial charge in [-0.2, -0.15) is 0 Å². The summed E-state index contributed by atoms with van der Waals surface area (Å²) in [5, 5.41) is 1.32. The third-order valence-electron chi connectivity index (χ3n) is 6.04. The Morgan fingerprint density at radius 3 is 1.97 bits per heavy atom. The molecule has 0 aliphatic carbocycles. The van der Waals surface area contributed by atoms with Gasteiger partial charge in [0.25, 0.3) is 0 Å². The Morgan fingerprint density at radius 2 is 1.26 bits per heavy atom. The van der Waals surface area contributed by atoms with Crippen LogP contribution in [0, 0.1) is 34.6 Å². The van der Waals surface area contributed by atoms with E-state index in [9.17, 15) is 0 Å². The Morgan fingerprint density at radius 1 is 0.613 bits per heavy atom. The molecule has 0 bridgehead atoms. The predicted octanol–water partition coefficient (Wildman–Crippen LogP) is 8.90. The molecule has 5 rings (SSSR count). The second-order valence-corrected chi connectivity index (χ2v) is 10.4. The van der Waals surface area contributed by atoms with E-state index in [0.29, 0.717) is 0 Å². The van der Waals surface area contributed by atoms with Crippen LogP contribution in [0.3, 0.4) is 0 Å². The molecule has 3 aromatic heterocycles. The van der Waals surface area contributed by atoms with E-state index in [1.165, 1.54) is 63.7 Å². The summed E-state index contributed by atoms with van der Waals surface area (Å²) in [5.74, 6) is 0. The highest BCUT2D eigenvalue weighted by molar-refractivity contribution is 7.27. The minimum Gasteiger partial charge on any atom is -0.255 e. The standard InChI is InChI=1S/C28H25NS2/c1-16-13-17(2)15-22(14-16)24-28-23(11-12-29-24)20(5)27(31-28)26-19(4)18(3)25(30-26)21-9-7-6-8-10-21/h6-15H,1-5H3. The molecule has 0 aliphatic heterocycles. The lowest BCUT2D eigenvalue weighted by atomic mass is 10.0. The summed E-state index contributed by atoms with van der Waals surface area (Å²) >= 11 is 3.81. The number of rotatable bonds is 3. The Labute approximate surface area is 192 Å². The van der Waals surface area contributed by atoms with Crippen molar-refractivity contribution in [2.75, 3.05) is 0 Å². The summed E-state index contributed by atoms with van der Waals surface area (Å²) in [4.78, 5) is 8.95. The highest BCUT2D eigenvalue weighted by atomic mass is 32.1. The fraction of sp³-hybridized carbons (Fsp3) is 0.179. The first kappa shape index (κ1) is 20.2. The fourth-order valence-electron chi connectivity index (χ4n) is 4.36. The lowest BCUT2D eigenvalue weighted by Gasteiger charge is -2.05. The van der Waals surface area contributed by atoms with E-state index >= 15 is 0 Å². The Kier molecular flexibility index (Phi) is 5.04. The van der Waals surface area contributed by atoms with Crippen LogP contribution in [-0.4, -0.2) is 4.98 Å². The van der Waals surface area contributed by atoms with E-state index in [4.69, 9.17) is 4.98 Å². The van der Waals surface area contributed by atoms with Crippen LogP contribution in [0.2, 0.25) is 0 Å². The molecular weight excluding hydrogens is 414 g/mol. The van der Waals surface area contributed by atoms with Crippen molar-refractivity contribution in [1.29, 1.82) is 0 Å². The normalized spacial score (nSPS) is 11.4. The monoisotopic (exact) mass is 439 g/mol. The molecular formula is C28H25NS2. The topological polar surface area (TPSA) is 12.9 Å². The molecule has 2 aromatic carbocycles. The van der Waals surface area contributed by atoms with Crippen LogP contribution in [0.5, 0.6) is 0 Å². The van der Waals surface area contributed by atoms with Gasteiger partial charge in [-0.25, -0.2) is 0 Å². The van der Waals surface area contributed by atoms with Crippen LogP contribution < -0.4 is 0 Å². The number of fused-ring (bicyclic) bond motifs is 1. The van der Waals surface area contributed by atoms with Crippen LogP contribution in [0.1, 0.15) is 27.8 Å². The van der Waals surface area contributed by atoms with Gasteiger partial charge in [0.1, 0.15) is 0 Å². The van der Waals surface area contributed by atoms with Gasteiger partial charge in [-0.05, 0) is 80.5 Å². The molecule has 0 radical (unpaired) electrons. The van der Waals surface area contributed by atoms with E-state index < -0.39 is 0 Å². The molecule has 3 heterocycles. The van der Waals surface area contributed by atoms with E-state index in [1.807, 2.05) is 28.9 Å². The summed E-state index contributed by atoms with van der Waals surface area (Å²) in [5.41, 5.74) is 10.3. The molecule has 0 saturated heterocycles. The number of benzene rings is 2. The van der Waals surface area contributed by atoms with Gasteiger partial charge in [0.2, 0.25) is 0 Å². The maximum Gasteiger partial charge on any atom is 0.0880 e. The molecule has 0 spiro atoms. The highest BCUT2D eigenvalue weighted by Crippen LogP contribution is 2.48. The molecule has 0 amide bonds. The maximum atomic E-state index is 4.81. The summed E-state index contributed by atoms with van der Waals surface area (Å²) in [6.07, 6.45) is 1.96. The Hall–Kier alpha value is -2.75. The zero-order valence-corrected chi connectivity index (χ0v) is 20.2. The number of pyridine rings is 1. The van der Waals surface area contributed by atoms with Crippen molar-refractivity contribution in [3.05, 3.63) is 88.6 Å². The summed E-state index contributed by atoms with van der Waals surface area (Å²) in [6.45, 7) is 11.1. The summed E-state index contributed by atoms with van der Waals surface area (Å²) in [7, 11) is 0. The Balaban J connectivity index is 1.72. The van der Waals surface area contributed by atoms with E-state index in [0.717, 1.165) is 5.69 Å². The van der Waals surface area contributed by atoms with Gasteiger partial charge in [0.05, 0.1) is 10.4 Å². The van der Waals surface area contributed by atoms with Crippen LogP contribution in [0.15, 0.2) is 60.8 Å². The zero-order chi connectivity index (χ0) is 21.7. The molecule has 154 valence electrons. The third kappa shape index (κ3) is 3.42. The second kappa shape index (κ2) is 7.74. The molecule has 3 heteroatoms. The number of hydrogen-bond donors (Lipinski definition) is 0. The van der Waals surface area contributed by atoms with E-state index in [2.05, 4.69) is 89.2 Å². The fourth-order valence-corrected chi connectivity index (χ4v) is 7.24. The number of nitrogens with zero attached hydrogens (tertiary/aromatic N) is 1. The molecule has 0 atom stereocenters. The van der Waals surface area contributed by atoms with Crippen molar-refractivity contribution in [1.82, 2.24) is 4.98 Å².